The maximum Gasteiger partial charge on any atom is 0.254 e. The second-order valence-corrected chi connectivity index (χ2v) is 9.20. The van der Waals surface area contributed by atoms with Crippen molar-refractivity contribution in [2.24, 2.45) is 5.41 Å². The van der Waals surface area contributed by atoms with Gasteiger partial charge in [0.05, 0.1) is 22.5 Å². The Kier molecular flexibility index (Phi) is 6.11. The van der Waals surface area contributed by atoms with Crippen LogP contribution < -0.4 is 10.6 Å². The van der Waals surface area contributed by atoms with Gasteiger partial charge in [0.1, 0.15) is 11.6 Å². The molecule has 0 saturated carbocycles. The molecule has 0 unspecified atom stereocenters. The molecule has 0 fully saturated rings. The summed E-state index contributed by atoms with van der Waals surface area (Å²) in [7, 11) is 0. The summed E-state index contributed by atoms with van der Waals surface area (Å²) in [5.74, 6) is 0.163. The summed E-state index contributed by atoms with van der Waals surface area (Å²) >= 11 is 6.11. The number of anilines is 2. The molecule has 0 saturated heterocycles. The summed E-state index contributed by atoms with van der Waals surface area (Å²) in [6.07, 6.45) is 5.48. The Labute approximate surface area is 191 Å². The van der Waals surface area contributed by atoms with Crippen molar-refractivity contribution in [2.75, 3.05) is 11.9 Å². The van der Waals surface area contributed by atoms with Gasteiger partial charge in [-0.3, -0.25) is 9.78 Å². The van der Waals surface area contributed by atoms with E-state index in [0.717, 1.165) is 30.5 Å². The Morgan fingerprint density at radius 1 is 1.22 bits per heavy atom. The highest BCUT2D eigenvalue weighted by molar-refractivity contribution is 6.30. The van der Waals surface area contributed by atoms with E-state index in [9.17, 15) is 9.18 Å². The van der Waals surface area contributed by atoms with Crippen LogP contribution in [0.2, 0.25) is 5.02 Å². The lowest BCUT2D eigenvalue weighted by Crippen LogP contribution is -2.25. The van der Waals surface area contributed by atoms with E-state index in [1.54, 1.807) is 12.3 Å². The Morgan fingerprint density at radius 3 is 2.81 bits per heavy atom. The molecule has 1 aromatic carbocycles. The maximum absolute atomic E-state index is 14.6. The smallest absolute Gasteiger partial charge is 0.254 e. The van der Waals surface area contributed by atoms with Crippen LogP contribution in [0.25, 0.3) is 11.4 Å². The SMILES string of the molecule is CCCNC(=O)c1cnccc1Nc1nc(-c2cc(Cl)ccc2F)nc2c1CC(C)(C)C2. The number of carbonyl (C=O) groups excluding carboxylic acids is 1. The molecule has 4 rings (SSSR count). The number of aromatic nitrogens is 3. The number of hydrogen-bond donors (Lipinski definition) is 2. The van der Waals surface area contributed by atoms with Crippen LogP contribution in [0, 0.1) is 11.2 Å². The molecule has 2 N–H and O–H groups in total. The number of nitrogens with zero attached hydrogens (tertiary/aromatic N) is 3. The first-order valence-corrected chi connectivity index (χ1v) is 11.0. The summed E-state index contributed by atoms with van der Waals surface area (Å²) < 4.78 is 14.6. The van der Waals surface area contributed by atoms with E-state index in [-0.39, 0.29) is 22.7 Å². The lowest BCUT2D eigenvalue weighted by atomic mass is 9.90. The van der Waals surface area contributed by atoms with Crippen LogP contribution in [0.5, 0.6) is 0 Å². The third-order valence-corrected chi connectivity index (χ3v) is 5.65. The van der Waals surface area contributed by atoms with Crippen LogP contribution in [-0.4, -0.2) is 27.4 Å². The van der Waals surface area contributed by atoms with Crippen molar-refractivity contribution in [3.63, 3.8) is 0 Å². The molecule has 0 aliphatic heterocycles. The van der Waals surface area contributed by atoms with Gasteiger partial charge in [0.25, 0.3) is 5.91 Å². The average Bonchev–Trinajstić information content (AvgIpc) is 3.08. The lowest BCUT2D eigenvalue weighted by Gasteiger charge is -2.16. The molecule has 1 aliphatic rings. The Balaban J connectivity index is 1.79. The van der Waals surface area contributed by atoms with Gasteiger partial charge in [0.15, 0.2) is 5.82 Å². The molecule has 2 aromatic heterocycles. The highest BCUT2D eigenvalue weighted by Crippen LogP contribution is 2.40. The van der Waals surface area contributed by atoms with Gasteiger partial charge in [-0.1, -0.05) is 32.4 Å². The predicted octanol–water partition coefficient (Wildman–Crippen LogP) is 5.34. The number of fused-ring (bicyclic) bond motifs is 1. The highest BCUT2D eigenvalue weighted by Gasteiger charge is 2.33. The number of benzene rings is 1. The zero-order chi connectivity index (χ0) is 22.9. The van der Waals surface area contributed by atoms with Crippen molar-refractivity contribution < 1.29 is 9.18 Å². The van der Waals surface area contributed by atoms with Gasteiger partial charge in [-0.2, -0.15) is 0 Å². The molecule has 32 heavy (non-hydrogen) atoms. The number of carbonyl (C=O) groups is 1. The Morgan fingerprint density at radius 2 is 2.03 bits per heavy atom. The maximum atomic E-state index is 14.6. The molecule has 0 spiro atoms. The Bertz CT molecular complexity index is 1180. The topological polar surface area (TPSA) is 79.8 Å². The second-order valence-electron chi connectivity index (χ2n) is 8.77. The van der Waals surface area contributed by atoms with Crippen LogP contribution in [0.4, 0.5) is 15.9 Å². The fourth-order valence-corrected chi connectivity index (χ4v) is 4.07. The third kappa shape index (κ3) is 4.58. The molecule has 0 radical (unpaired) electrons. The molecule has 6 nitrogen and oxygen atoms in total. The first kappa shape index (κ1) is 22.1. The fraction of sp³-hybridized carbons (Fsp3) is 0.333. The standard InChI is InChI=1S/C24H25ClFN5O/c1-4-8-28-23(32)17-13-27-9-7-19(17)29-22-16-11-24(2,3)12-20(16)30-21(31-22)15-10-14(25)5-6-18(15)26/h5-7,9-10,13H,4,8,11-12H2,1-3H3,(H,28,32)(H,27,29,30,31). The van der Waals surface area contributed by atoms with Crippen LogP contribution in [-0.2, 0) is 12.8 Å². The zero-order valence-electron chi connectivity index (χ0n) is 18.3. The number of pyridine rings is 1. The summed E-state index contributed by atoms with van der Waals surface area (Å²) in [5, 5.41) is 6.59. The fourth-order valence-electron chi connectivity index (χ4n) is 3.90. The van der Waals surface area contributed by atoms with Gasteiger partial charge in [0.2, 0.25) is 0 Å². The monoisotopic (exact) mass is 453 g/mol. The quantitative estimate of drug-likeness (QED) is 0.526. The van der Waals surface area contributed by atoms with Gasteiger partial charge < -0.3 is 10.6 Å². The van der Waals surface area contributed by atoms with E-state index in [1.165, 1.54) is 24.4 Å². The van der Waals surface area contributed by atoms with Gasteiger partial charge in [-0.15, -0.1) is 0 Å². The van der Waals surface area contributed by atoms with Crippen molar-refractivity contribution >= 4 is 29.0 Å². The number of rotatable bonds is 6. The Hall–Kier alpha value is -3.06. The van der Waals surface area contributed by atoms with Crippen molar-refractivity contribution in [3.05, 3.63) is 64.3 Å². The molecule has 2 heterocycles. The van der Waals surface area contributed by atoms with Crippen molar-refractivity contribution in [3.8, 4) is 11.4 Å². The molecule has 166 valence electrons. The van der Waals surface area contributed by atoms with E-state index in [1.807, 2.05) is 6.92 Å². The normalized spacial score (nSPS) is 14.2. The molecular weight excluding hydrogens is 429 g/mol. The largest absolute Gasteiger partial charge is 0.352 e. The van der Waals surface area contributed by atoms with Crippen LogP contribution in [0.3, 0.4) is 0 Å². The molecule has 3 aromatic rings. The minimum absolute atomic E-state index is 0.00147. The average molecular weight is 454 g/mol. The van der Waals surface area contributed by atoms with Gasteiger partial charge in [-0.25, -0.2) is 14.4 Å². The second kappa shape index (κ2) is 8.82. The van der Waals surface area contributed by atoms with Gasteiger partial charge in [-0.05, 0) is 48.9 Å². The molecule has 1 aliphatic carbocycles. The van der Waals surface area contributed by atoms with Crippen molar-refractivity contribution in [1.29, 1.82) is 0 Å². The van der Waals surface area contributed by atoms with Crippen LogP contribution in [0.15, 0.2) is 36.7 Å². The van der Waals surface area contributed by atoms with Crippen LogP contribution >= 0.6 is 11.6 Å². The molecule has 0 atom stereocenters. The predicted molar refractivity (Wildman–Crippen MR) is 124 cm³/mol. The summed E-state index contributed by atoms with van der Waals surface area (Å²) in [6, 6.07) is 6.06. The molecule has 0 bridgehead atoms. The molecule has 1 amide bonds. The van der Waals surface area contributed by atoms with E-state index in [2.05, 4.69) is 39.4 Å². The van der Waals surface area contributed by atoms with E-state index >= 15 is 0 Å². The first-order chi connectivity index (χ1) is 15.3. The van der Waals surface area contributed by atoms with Crippen molar-refractivity contribution in [1.82, 2.24) is 20.3 Å². The lowest BCUT2D eigenvalue weighted by molar-refractivity contribution is 0.0954. The number of nitrogens with one attached hydrogen (secondary N) is 2. The first-order valence-electron chi connectivity index (χ1n) is 10.6. The molecular formula is C24H25ClFN5O. The summed E-state index contributed by atoms with van der Waals surface area (Å²) in [6.45, 7) is 6.88. The van der Waals surface area contributed by atoms with Gasteiger partial charge >= 0.3 is 0 Å². The minimum Gasteiger partial charge on any atom is -0.352 e. The number of amides is 1. The van der Waals surface area contributed by atoms with Crippen LogP contribution in [0.1, 0.15) is 48.8 Å². The number of hydrogen-bond acceptors (Lipinski definition) is 5. The summed E-state index contributed by atoms with van der Waals surface area (Å²) in [4.78, 5) is 26.1. The summed E-state index contributed by atoms with van der Waals surface area (Å²) in [5.41, 5.74) is 3.07. The van der Waals surface area contributed by atoms with E-state index in [0.29, 0.717) is 28.6 Å². The zero-order valence-corrected chi connectivity index (χ0v) is 19.1. The van der Waals surface area contributed by atoms with Gasteiger partial charge in [0, 0.05) is 29.5 Å². The van der Waals surface area contributed by atoms with E-state index < -0.39 is 5.82 Å². The van der Waals surface area contributed by atoms with Crippen molar-refractivity contribution in [2.45, 2.75) is 40.0 Å². The minimum atomic E-state index is -0.443. The highest BCUT2D eigenvalue weighted by atomic mass is 35.5. The molecule has 8 heteroatoms. The third-order valence-electron chi connectivity index (χ3n) is 5.42. The van der Waals surface area contributed by atoms with E-state index in [4.69, 9.17) is 11.6 Å². The number of halogens is 2.